The number of carbonyl (C=O) groups is 1. The second-order valence-electron chi connectivity index (χ2n) is 12.6. The highest BCUT2D eigenvalue weighted by Gasteiger charge is 2.38. The van der Waals surface area contributed by atoms with Crippen LogP contribution >= 0.6 is 11.8 Å². The number of rotatable bonds is 10. The number of thioether (sulfide) groups is 1. The molecular formula is C34H45NO3SSi. The van der Waals surface area contributed by atoms with Crippen LogP contribution in [0, 0.1) is 0 Å². The summed E-state index contributed by atoms with van der Waals surface area (Å²) in [4.78, 5) is 12.6. The molecule has 0 aliphatic carbocycles. The molecule has 3 aromatic rings. The van der Waals surface area contributed by atoms with Crippen LogP contribution in [0.25, 0.3) is 0 Å². The number of ether oxygens (including phenoxy) is 1. The number of hydrogen-bond donors (Lipinski definition) is 1. The summed E-state index contributed by atoms with van der Waals surface area (Å²) < 4.78 is 11.7. The smallest absolute Gasteiger partial charge is 0.407 e. The fourth-order valence-corrected chi connectivity index (χ4v) is 6.30. The molecule has 3 aromatic carbocycles. The van der Waals surface area contributed by atoms with Gasteiger partial charge < -0.3 is 14.5 Å². The summed E-state index contributed by atoms with van der Waals surface area (Å²) in [6.07, 6.45) is -0.434. The lowest BCUT2D eigenvalue weighted by molar-refractivity contribution is 0.0531. The van der Waals surface area contributed by atoms with E-state index in [4.69, 9.17) is 9.16 Å². The van der Waals surface area contributed by atoms with Gasteiger partial charge >= 0.3 is 6.09 Å². The summed E-state index contributed by atoms with van der Waals surface area (Å²) in [5, 5.41) is 5.22. The van der Waals surface area contributed by atoms with Crippen LogP contribution in [0.3, 0.4) is 0 Å². The van der Waals surface area contributed by atoms with Crippen molar-refractivity contribution in [3.8, 4) is 0 Å². The van der Waals surface area contributed by atoms with Crippen LogP contribution in [0.15, 0.2) is 102 Å². The molecule has 40 heavy (non-hydrogen) atoms. The lowest BCUT2D eigenvalue weighted by Gasteiger charge is -2.37. The summed E-state index contributed by atoms with van der Waals surface area (Å²) in [5.74, 6) is 0. The zero-order valence-corrected chi connectivity index (χ0v) is 27.1. The van der Waals surface area contributed by atoms with Crippen LogP contribution in [0.2, 0.25) is 18.1 Å². The summed E-state index contributed by atoms with van der Waals surface area (Å²) >= 11 is 1.74. The molecule has 6 heteroatoms. The lowest BCUT2D eigenvalue weighted by atomic mass is 9.84. The van der Waals surface area contributed by atoms with Crippen molar-refractivity contribution in [3.05, 3.63) is 119 Å². The number of benzene rings is 3. The van der Waals surface area contributed by atoms with Gasteiger partial charge in [-0.05, 0) is 66.6 Å². The van der Waals surface area contributed by atoms with Crippen LogP contribution < -0.4 is 5.32 Å². The van der Waals surface area contributed by atoms with Gasteiger partial charge in [0.2, 0.25) is 0 Å². The van der Waals surface area contributed by atoms with Crippen molar-refractivity contribution in [1.29, 1.82) is 0 Å². The van der Waals surface area contributed by atoms with E-state index in [0.717, 1.165) is 5.57 Å². The monoisotopic (exact) mass is 575 g/mol. The number of alkyl carbamates (subject to hydrolysis) is 1. The molecule has 1 amide bonds. The van der Waals surface area contributed by atoms with E-state index in [1.807, 2.05) is 39.0 Å². The maximum Gasteiger partial charge on any atom is 0.407 e. The van der Waals surface area contributed by atoms with Gasteiger partial charge in [0, 0.05) is 6.54 Å². The molecule has 0 aromatic heterocycles. The third kappa shape index (κ3) is 8.35. The van der Waals surface area contributed by atoms with E-state index in [9.17, 15) is 4.79 Å². The molecule has 0 bridgehead atoms. The van der Waals surface area contributed by atoms with E-state index in [-0.39, 0.29) is 5.04 Å². The normalized spacial score (nSPS) is 13.2. The van der Waals surface area contributed by atoms with E-state index < -0.39 is 24.8 Å². The minimum absolute atomic E-state index is 0.0751. The second kappa shape index (κ2) is 13.2. The minimum Gasteiger partial charge on any atom is -0.444 e. The highest BCUT2D eigenvalue weighted by molar-refractivity contribution is 8.03. The molecule has 0 aliphatic heterocycles. The van der Waals surface area contributed by atoms with E-state index in [1.54, 1.807) is 11.8 Å². The van der Waals surface area contributed by atoms with Crippen LogP contribution in [0.5, 0.6) is 0 Å². The van der Waals surface area contributed by atoms with Crippen molar-refractivity contribution in [2.24, 2.45) is 0 Å². The van der Waals surface area contributed by atoms with Gasteiger partial charge in [-0.25, -0.2) is 4.79 Å². The first kappa shape index (κ1) is 31.7. The Morgan fingerprint density at radius 2 is 1.20 bits per heavy atom. The fraction of sp³-hybridized carbons (Fsp3) is 0.382. The van der Waals surface area contributed by atoms with E-state index in [1.165, 1.54) is 16.7 Å². The zero-order valence-electron chi connectivity index (χ0n) is 25.3. The van der Waals surface area contributed by atoms with Crippen molar-refractivity contribution < 1.29 is 14.0 Å². The standard InChI is InChI=1S/C34H45NO3SSi/c1-32(2,3)38-31(36)35-24-27(25-37-40(7,8)33(4,5)6)26-39-34(28-18-12-9-13-19-28,29-20-14-10-15-21-29)30-22-16-11-17-23-30/h9-23,26H,24-25H2,1-8H3,(H,35,36). The lowest BCUT2D eigenvalue weighted by Crippen LogP contribution is -2.42. The van der Waals surface area contributed by atoms with Crippen LogP contribution in [0.4, 0.5) is 4.79 Å². The van der Waals surface area contributed by atoms with Crippen molar-refractivity contribution in [2.45, 2.75) is 70.0 Å². The Kier molecular flexibility index (Phi) is 10.5. The average Bonchev–Trinajstić information content (AvgIpc) is 2.90. The molecule has 1 N–H and O–H groups in total. The first-order chi connectivity index (χ1) is 18.7. The van der Waals surface area contributed by atoms with Gasteiger partial charge in [0.25, 0.3) is 0 Å². The Morgan fingerprint density at radius 1 is 0.775 bits per heavy atom. The Hall–Kier alpha value is -2.80. The first-order valence-corrected chi connectivity index (χ1v) is 17.7. The van der Waals surface area contributed by atoms with Crippen molar-refractivity contribution in [1.82, 2.24) is 5.32 Å². The predicted molar refractivity (Wildman–Crippen MR) is 172 cm³/mol. The Balaban J connectivity index is 2.07. The van der Waals surface area contributed by atoms with Gasteiger partial charge in [0.15, 0.2) is 8.32 Å². The third-order valence-corrected chi connectivity index (χ3v) is 13.2. The molecule has 3 rings (SSSR count). The van der Waals surface area contributed by atoms with E-state index in [0.29, 0.717) is 13.2 Å². The molecule has 0 saturated carbocycles. The summed E-state index contributed by atoms with van der Waals surface area (Å²) in [5.41, 5.74) is 3.96. The Labute approximate surface area is 246 Å². The second-order valence-corrected chi connectivity index (χ2v) is 18.5. The average molecular weight is 576 g/mol. The molecule has 0 fully saturated rings. The number of nitrogens with one attached hydrogen (secondary N) is 1. The predicted octanol–water partition coefficient (Wildman–Crippen LogP) is 9.14. The van der Waals surface area contributed by atoms with Crippen molar-refractivity contribution in [3.63, 3.8) is 0 Å². The van der Waals surface area contributed by atoms with Crippen molar-refractivity contribution >= 4 is 26.2 Å². The molecule has 0 atom stereocenters. The third-order valence-electron chi connectivity index (χ3n) is 7.23. The van der Waals surface area contributed by atoms with Crippen LogP contribution in [-0.2, 0) is 13.9 Å². The van der Waals surface area contributed by atoms with Crippen molar-refractivity contribution in [2.75, 3.05) is 13.2 Å². The molecule has 0 radical (unpaired) electrons. The topological polar surface area (TPSA) is 47.6 Å². The molecule has 4 nitrogen and oxygen atoms in total. The van der Waals surface area contributed by atoms with Gasteiger partial charge in [-0.2, -0.15) is 0 Å². The molecular weight excluding hydrogens is 531 g/mol. The zero-order chi connectivity index (χ0) is 29.4. The Bertz CT molecular complexity index is 1150. The SMILES string of the molecule is CC(C)(C)OC(=O)NCC(=CSC(c1ccccc1)(c1ccccc1)c1ccccc1)CO[Si](C)(C)C(C)(C)C. The fourth-order valence-electron chi connectivity index (χ4n) is 4.01. The number of hydrogen-bond acceptors (Lipinski definition) is 4. The summed E-state index contributed by atoms with van der Waals surface area (Å²) in [7, 11) is -2.02. The highest BCUT2D eigenvalue weighted by Crippen LogP contribution is 2.49. The summed E-state index contributed by atoms with van der Waals surface area (Å²) in [6.45, 7) is 17.6. The first-order valence-electron chi connectivity index (χ1n) is 13.9. The van der Waals surface area contributed by atoms with E-state index in [2.05, 4.69) is 117 Å². The number of carbonyl (C=O) groups excluding carboxylic acids is 1. The van der Waals surface area contributed by atoms with Gasteiger partial charge in [-0.15, -0.1) is 11.8 Å². The van der Waals surface area contributed by atoms with Gasteiger partial charge in [0.05, 0.1) is 11.4 Å². The van der Waals surface area contributed by atoms with Gasteiger partial charge in [0.1, 0.15) is 5.60 Å². The summed E-state index contributed by atoms with van der Waals surface area (Å²) in [6, 6.07) is 31.8. The molecule has 0 saturated heterocycles. The molecule has 0 aliphatic rings. The largest absolute Gasteiger partial charge is 0.444 e. The maximum atomic E-state index is 12.6. The maximum absolute atomic E-state index is 12.6. The van der Waals surface area contributed by atoms with Crippen LogP contribution in [-0.4, -0.2) is 33.2 Å². The molecule has 0 spiro atoms. The molecule has 0 unspecified atom stereocenters. The van der Waals surface area contributed by atoms with Crippen LogP contribution in [0.1, 0.15) is 58.2 Å². The minimum atomic E-state index is -2.02. The van der Waals surface area contributed by atoms with Gasteiger partial charge in [-0.1, -0.05) is 112 Å². The molecule has 214 valence electrons. The molecule has 0 heterocycles. The van der Waals surface area contributed by atoms with E-state index >= 15 is 0 Å². The Morgan fingerprint density at radius 3 is 1.57 bits per heavy atom. The number of amides is 1. The highest BCUT2D eigenvalue weighted by atomic mass is 32.2. The quantitative estimate of drug-likeness (QED) is 0.193. The van der Waals surface area contributed by atoms with Gasteiger partial charge in [-0.3, -0.25) is 0 Å².